The molecule has 7 nitrogen and oxygen atoms in total. The summed E-state index contributed by atoms with van der Waals surface area (Å²) in [7, 11) is 0. The van der Waals surface area contributed by atoms with Crippen molar-refractivity contribution >= 4 is 73.0 Å². The van der Waals surface area contributed by atoms with Crippen molar-refractivity contribution in [2.75, 3.05) is 0 Å². The van der Waals surface area contributed by atoms with E-state index in [0.29, 0.717) is 25.7 Å². The Bertz CT molecular complexity index is 1600. The third kappa shape index (κ3) is 5.45. The summed E-state index contributed by atoms with van der Waals surface area (Å²) in [5, 5.41) is 12.8. The molecule has 0 aromatic heterocycles. The van der Waals surface area contributed by atoms with E-state index in [1.165, 1.54) is 17.0 Å². The number of ether oxygens (including phenoxy) is 1. The molecular weight excluding hydrogens is 592 g/mol. The topological polar surface area (TPSA) is 89.7 Å². The van der Waals surface area contributed by atoms with E-state index in [9.17, 15) is 19.7 Å². The van der Waals surface area contributed by atoms with Gasteiger partial charge >= 0.3 is 0 Å². The molecule has 0 radical (unpaired) electrons. The van der Waals surface area contributed by atoms with Crippen LogP contribution in [0.3, 0.4) is 0 Å². The Balaban J connectivity index is 1.31. The van der Waals surface area contributed by atoms with E-state index >= 15 is 0 Å². The van der Waals surface area contributed by atoms with Gasteiger partial charge in [0.1, 0.15) is 6.61 Å². The fraction of sp³-hybridized carbons (Fsp3) is 0.0714. The summed E-state index contributed by atoms with van der Waals surface area (Å²) in [6.07, 6.45) is 1.63. The molecule has 2 amide bonds. The lowest BCUT2D eigenvalue weighted by molar-refractivity contribution is -0.384. The second-order valence-corrected chi connectivity index (χ2v) is 10.7. The third-order valence-corrected chi connectivity index (χ3v) is 7.71. The molecule has 0 atom stereocenters. The number of nitrogens with zero attached hydrogens (tertiary/aromatic N) is 2. The molecule has 5 rings (SSSR count). The van der Waals surface area contributed by atoms with Crippen molar-refractivity contribution in [2.24, 2.45) is 0 Å². The lowest BCUT2D eigenvalue weighted by atomic mass is 10.0. The van der Waals surface area contributed by atoms with Crippen molar-refractivity contribution in [3.63, 3.8) is 0 Å². The monoisotopic (exact) mass is 608 g/mol. The van der Waals surface area contributed by atoms with Gasteiger partial charge in [0.25, 0.3) is 16.8 Å². The average molecular weight is 610 g/mol. The summed E-state index contributed by atoms with van der Waals surface area (Å²) < 4.78 is 6.39. The molecule has 10 heteroatoms. The van der Waals surface area contributed by atoms with Gasteiger partial charge in [-0.1, -0.05) is 54.1 Å². The maximum absolute atomic E-state index is 13.1. The number of fused-ring (bicyclic) bond motifs is 1. The Kier molecular flexibility index (Phi) is 7.51. The van der Waals surface area contributed by atoms with Gasteiger partial charge < -0.3 is 4.74 Å². The van der Waals surface area contributed by atoms with E-state index in [0.717, 1.165) is 33.7 Å². The summed E-state index contributed by atoms with van der Waals surface area (Å²) >= 11 is 10.8. The summed E-state index contributed by atoms with van der Waals surface area (Å²) in [6.45, 7) is 0.339. The molecule has 4 aromatic carbocycles. The first-order chi connectivity index (χ1) is 18.3. The van der Waals surface area contributed by atoms with Crippen molar-refractivity contribution < 1.29 is 19.2 Å². The number of halogens is 2. The van der Waals surface area contributed by atoms with E-state index in [1.54, 1.807) is 30.3 Å². The van der Waals surface area contributed by atoms with E-state index in [4.69, 9.17) is 16.3 Å². The SMILES string of the molecule is O=C1S/C(=C/c2cc(Cl)c(OCc3ccc([N+](=O)[O-])cc3)c(Br)c2)C(=O)N1Cc1cccc2ccccc12. The molecule has 190 valence electrons. The summed E-state index contributed by atoms with van der Waals surface area (Å²) in [6, 6.07) is 23.1. The number of benzene rings is 4. The molecule has 38 heavy (non-hydrogen) atoms. The van der Waals surface area contributed by atoms with Crippen molar-refractivity contribution in [1.82, 2.24) is 4.90 Å². The minimum Gasteiger partial charge on any atom is -0.486 e. The van der Waals surface area contributed by atoms with Crippen LogP contribution in [-0.4, -0.2) is 21.0 Å². The number of hydrogen-bond acceptors (Lipinski definition) is 6. The van der Waals surface area contributed by atoms with Gasteiger partial charge in [0.05, 0.1) is 25.9 Å². The fourth-order valence-electron chi connectivity index (χ4n) is 4.06. The number of thioether (sulfide) groups is 1. The molecule has 0 bridgehead atoms. The molecule has 0 spiro atoms. The largest absolute Gasteiger partial charge is 0.486 e. The molecule has 4 aromatic rings. The first kappa shape index (κ1) is 26.0. The van der Waals surface area contributed by atoms with E-state index in [-0.39, 0.29) is 30.0 Å². The molecule has 1 fully saturated rings. The third-order valence-electron chi connectivity index (χ3n) is 5.93. The zero-order chi connectivity index (χ0) is 26.8. The van der Waals surface area contributed by atoms with Crippen LogP contribution in [0.4, 0.5) is 10.5 Å². The molecule has 0 aliphatic carbocycles. The van der Waals surface area contributed by atoms with Crippen molar-refractivity contribution in [3.05, 3.63) is 120 Å². The number of hydrogen-bond donors (Lipinski definition) is 0. The number of amides is 2. The van der Waals surface area contributed by atoms with Crippen molar-refractivity contribution in [1.29, 1.82) is 0 Å². The van der Waals surface area contributed by atoms with Crippen LogP contribution in [-0.2, 0) is 17.9 Å². The molecule has 1 aliphatic rings. The quantitative estimate of drug-likeness (QED) is 0.120. The van der Waals surface area contributed by atoms with Gasteiger partial charge in [0.2, 0.25) is 0 Å². The lowest BCUT2D eigenvalue weighted by Gasteiger charge is -2.14. The highest BCUT2D eigenvalue weighted by atomic mass is 79.9. The molecule has 1 saturated heterocycles. The highest BCUT2D eigenvalue weighted by Crippen LogP contribution is 2.38. The Morgan fingerprint density at radius 2 is 1.76 bits per heavy atom. The van der Waals surface area contributed by atoms with E-state index < -0.39 is 4.92 Å². The highest BCUT2D eigenvalue weighted by Gasteiger charge is 2.35. The molecule has 1 aliphatic heterocycles. The summed E-state index contributed by atoms with van der Waals surface area (Å²) in [4.78, 5) is 37.8. The maximum atomic E-state index is 13.1. The number of rotatable bonds is 7. The normalized spacial score (nSPS) is 14.5. The number of carbonyl (C=O) groups excluding carboxylic acids is 2. The predicted molar refractivity (Wildman–Crippen MR) is 152 cm³/mol. The summed E-state index contributed by atoms with van der Waals surface area (Å²) in [5.41, 5.74) is 2.26. The number of carbonyl (C=O) groups is 2. The Morgan fingerprint density at radius 1 is 1.03 bits per heavy atom. The summed E-state index contributed by atoms with van der Waals surface area (Å²) in [5.74, 6) is 0.0323. The molecule has 0 saturated carbocycles. The van der Waals surface area contributed by atoms with Gasteiger partial charge in [-0.3, -0.25) is 24.6 Å². The van der Waals surface area contributed by atoms with Crippen LogP contribution in [0.25, 0.3) is 16.8 Å². The van der Waals surface area contributed by atoms with Crippen LogP contribution < -0.4 is 4.74 Å². The lowest BCUT2D eigenvalue weighted by Crippen LogP contribution is -2.27. The van der Waals surface area contributed by atoms with Crippen LogP contribution in [0, 0.1) is 10.1 Å². The van der Waals surface area contributed by atoms with Gasteiger partial charge in [0.15, 0.2) is 5.75 Å². The zero-order valence-electron chi connectivity index (χ0n) is 19.6. The molecular formula is C28H18BrClN2O5S. The van der Waals surface area contributed by atoms with Crippen LogP contribution in [0.1, 0.15) is 16.7 Å². The van der Waals surface area contributed by atoms with Gasteiger partial charge in [-0.25, -0.2) is 0 Å². The average Bonchev–Trinajstić information content (AvgIpc) is 3.16. The van der Waals surface area contributed by atoms with Crippen molar-refractivity contribution in [3.8, 4) is 5.75 Å². The first-order valence-electron chi connectivity index (χ1n) is 11.4. The van der Waals surface area contributed by atoms with E-state index in [2.05, 4.69) is 15.9 Å². The maximum Gasteiger partial charge on any atom is 0.293 e. The molecule has 0 unspecified atom stereocenters. The van der Waals surface area contributed by atoms with Gasteiger partial charge in [-0.2, -0.15) is 0 Å². The van der Waals surface area contributed by atoms with Crippen LogP contribution in [0.5, 0.6) is 5.75 Å². The number of imide groups is 1. The minimum absolute atomic E-state index is 0.00107. The number of nitro benzene ring substituents is 1. The fourth-order valence-corrected chi connectivity index (χ4v) is 5.89. The van der Waals surface area contributed by atoms with Gasteiger partial charge in [-0.05, 0) is 85.5 Å². The number of non-ortho nitro benzene ring substituents is 1. The first-order valence-corrected chi connectivity index (χ1v) is 13.4. The highest BCUT2D eigenvalue weighted by molar-refractivity contribution is 9.10. The number of nitro groups is 1. The Hall–Kier alpha value is -3.66. The van der Waals surface area contributed by atoms with Crippen LogP contribution >= 0.6 is 39.3 Å². The zero-order valence-corrected chi connectivity index (χ0v) is 22.8. The van der Waals surface area contributed by atoms with Crippen LogP contribution in [0.2, 0.25) is 5.02 Å². The molecule has 1 heterocycles. The standard InChI is InChI=1S/C28H18BrClN2O5S/c29-23-12-18(13-24(30)26(23)37-16-17-8-10-21(11-9-17)32(35)36)14-25-27(33)31(28(34)38-25)15-20-6-3-5-19-4-1-2-7-22(19)20/h1-14H,15-16H2/b25-14+. The smallest absolute Gasteiger partial charge is 0.293 e. The minimum atomic E-state index is -0.463. The Labute approximate surface area is 235 Å². The van der Waals surface area contributed by atoms with Gasteiger partial charge in [0, 0.05) is 12.1 Å². The second kappa shape index (κ2) is 11.0. The van der Waals surface area contributed by atoms with Crippen LogP contribution in [0.15, 0.2) is 88.2 Å². The Morgan fingerprint density at radius 3 is 2.50 bits per heavy atom. The predicted octanol–water partition coefficient (Wildman–Crippen LogP) is 7.98. The van der Waals surface area contributed by atoms with E-state index in [1.807, 2.05) is 42.5 Å². The van der Waals surface area contributed by atoms with Crippen molar-refractivity contribution in [2.45, 2.75) is 13.2 Å². The molecule has 0 N–H and O–H groups in total. The second-order valence-electron chi connectivity index (χ2n) is 8.43. The van der Waals surface area contributed by atoms with Gasteiger partial charge in [-0.15, -0.1) is 0 Å².